The molecule has 0 bridgehead atoms. The van der Waals surface area contributed by atoms with Gasteiger partial charge in [0, 0.05) is 11.4 Å². The van der Waals surface area contributed by atoms with Gasteiger partial charge in [0.1, 0.15) is 0 Å². The van der Waals surface area contributed by atoms with E-state index in [1.807, 2.05) is 18.2 Å². The molecule has 2 rings (SSSR count). The number of nitrogens with one attached hydrogen (secondary N) is 2. The number of rotatable bonds is 7. The van der Waals surface area contributed by atoms with Gasteiger partial charge in [-0.25, -0.2) is 4.79 Å². The summed E-state index contributed by atoms with van der Waals surface area (Å²) in [5, 5.41) is 14.2. The van der Waals surface area contributed by atoms with Crippen molar-refractivity contribution >= 4 is 40.9 Å². The summed E-state index contributed by atoms with van der Waals surface area (Å²) in [6, 6.07) is 15.0. The molecule has 0 saturated heterocycles. The van der Waals surface area contributed by atoms with Gasteiger partial charge in [-0.1, -0.05) is 18.2 Å². The van der Waals surface area contributed by atoms with Crippen LogP contribution in [-0.2, 0) is 9.59 Å². The first-order valence-corrected chi connectivity index (χ1v) is 8.26. The van der Waals surface area contributed by atoms with Crippen LogP contribution in [0, 0.1) is 0 Å². The lowest BCUT2D eigenvalue weighted by molar-refractivity contribution is -0.114. The Morgan fingerprint density at radius 2 is 1.29 bits per heavy atom. The van der Waals surface area contributed by atoms with Crippen molar-refractivity contribution in [2.24, 2.45) is 0 Å². The topological polar surface area (TPSA) is 95.5 Å². The van der Waals surface area contributed by atoms with Crippen LogP contribution in [0.15, 0.2) is 54.6 Å². The van der Waals surface area contributed by atoms with Crippen LogP contribution in [0.5, 0.6) is 0 Å². The van der Waals surface area contributed by atoms with Gasteiger partial charge in [-0.3, -0.25) is 9.59 Å². The highest BCUT2D eigenvalue weighted by atomic mass is 32.2. The smallest absolute Gasteiger partial charge is 0.335 e. The van der Waals surface area contributed by atoms with Crippen LogP contribution in [0.2, 0.25) is 0 Å². The zero-order valence-electron chi connectivity index (χ0n) is 12.7. The number of hydrogen-bond donors (Lipinski definition) is 3. The van der Waals surface area contributed by atoms with Crippen LogP contribution >= 0.6 is 11.8 Å². The van der Waals surface area contributed by atoms with Gasteiger partial charge in [-0.15, -0.1) is 11.8 Å². The predicted octanol–water partition coefficient (Wildman–Crippen LogP) is 2.70. The molecule has 24 heavy (non-hydrogen) atoms. The molecule has 2 aromatic carbocycles. The molecular formula is C17H16N2O4S. The SMILES string of the molecule is O=C(CSCC(=O)Nc1ccc(C(=O)O)cc1)Nc1ccccc1. The van der Waals surface area contributed by atoms with Crippen molar-refractivity contribution in [2.45, 2.75) is 0 Å². The van der Waals surface area contributed by atoms with E-state index in [1.165, 1.54) is 36.0 Å². The number of amides is 2. The van der Waals surface area contributed by atoms with Crippen LogP contribution in [0.1, 0.15) is 10.4 Å². The first-order valence-electron chi connectivity index (χ1n) is 7.10. The lowest BCUT2D eigenvalue weighted by Crippen LogP contribution is -2.18. The second-order valence-corrected chi connectivity index (χ2v) is 5.82. The molecule has 0 aliphatic carbocycles. The van der Waals surface area contributed by atoms with Crippen molar-refractivity contribution < 1.29 is 19.5 Å². The second kappa shape index (κ2) is 8.73. The van der Waals surface area contributed by atoms with Gasteiger partial charge in [0.05, 0.1) is 17.1 Å². The summed E-state index contributed by atoms with van der Waals surface area (Å²) in [6.45, 7) is 0. The van der Waals surface area contributed by atoms with E-state index in [0.717, 1.165) is 0 Å². The Morgan fingerprint density at radius 3 is 1.79 bits per heavy atom. The molecule has 0 aliphatic rings. The molecule has 0 atom stereocenters. The Morgan fingerprint density at radius 1 is 0.792 bits per heavy atom. The fraction of sp³-hybridized carbons (Fsp3) is 0.118. The normalized spacial score (nSPS) is 10.0. The summed E-state index contributed by atoms with van der Waals surface area (Å²) in [4.78, 5) is 34.3. The average Bonchev–Trinajstić information content (AvgIpc) is 2.56. The van der Waals surface area contributed by atoms with E-state index in [4.69, 9.17) is 5.11 Å². The van der Waals surface area contributed by atoms with Gasteiger partial charge in [-0.05, 0) is 36.4 Å². The maximum atomic E-state index is 11.8. The van der Waals surface area contributed by atoms with Crippen molar-refractivity contribution in [1.82, 2.24) is 0 Å². The summed E-state index contributed by atoms with van der Waals surface area (Å²) >= 11 is 1.20. The van der Waals surface area contributed by atoms with Gasteiger partial charge in [0.25, 0.3) is 0 Å². The number of thioether (sulfide) groups is 1. The minimum absolute atomic E-state index is 0.128. The summed E-state index contributed by atoms with van der Waals surface area (Å²) in [7, 11) is 0. The standard InChI is InChI=1S/C17H16N2O4S/c20-15(18-13-4-2-1-3-5-13)10-24-11-16(21)19-14-8-6-12(7-9-14)17(22)23/h1-9H,10-11H2,(H,18,20)(H,19,21)(H,22,23). The van der Waals surface area contributed by atoms with Crippen molar-refractivity contribution in [3.05, 3.63) is 60.2 Å². The quantitative estimate of drug-likeness (QED) is 0.718. The number of aromatic carboxylic acids is 1. The van der Waals surface area contributed by atoms with E-state index in [-0.39, 0.29) is 28.9 Å². The monoisotopic (exact) mass is 344 g/mol. The van der Waals surface area contributed by atoms with Crippen molar-refractivity contribution in [3.63, 3.8) is 0 Å². The third kappa shape index (κ3) is 5.77. The van der Waals surface area contributed by atoms with Gasteiger partial charge in [-0.2, -0.15) is 0 Å². The van der Waals surface area contributed by atoms with Crippen molar-refractivity contribution in [2.75, 3.05) is 22.1 Å². The van der Waals surface area contributed by atoms with Crippen LogP contribution in [-0.4, -0.2) is 34.4 Å². The molecule has 0 radical (unpaired) electrons. The number of anilines is 2. The molecule has 0 heterocycles. The number of carbonyl (C=O) groups is 3. The maximum Gasteiger partial charge on any atom is 0.335 e. The van der Waals surface area contributed by atoms with E-state index in [1.54, 1.807) is 12.1 Å². The van der Waals surface area contributed by atoms with Gasteiger partial charge >= 0.3 is 5.97 Å². The molecule has 0 saturated carbocycles. The highest BCUT2D eigenvalue weighted by molar-refractivity contribution is 8.00. The number of carboxylic acid groups (broad SMARTS) is 1. The first-order chi connectivity index (χ1) is 11.5. The van der Waals surface area contributed by atoms with E-state index in [0.29, 0.717) is 11.4 Å². The molecule has 0 aromatic heterocycles. The van der Waals surface area contributed by atoms with E-state index >= 15 is 0 Å². The van der Waals surface area contributed by atoms with Crippen LogP contribution in [0.25, 0.3) is 0 Å². The number of hydrogen-bond acceptors (Lipinski definition) is 4. The maximum absolute atomic E-state index is 11.8. The van der Waals surface area contributed by atoms with Crippen LogP contribution in [0.3, 0.4) is 0 Å². The highest BCUT2D eigenvalue weighted by Crippen LogP contribution is 2.11. The molecule has 2 aromatic rings. The van der Waals surface area contributed by atoms with Crippen LogP contribution < -0.4 is 10.6 Å². The van der Waals surface area contributed by atoms with E-state index < -0.39 is 5.97 Å². The third-order valence-electron chi connectivity index (χ3n) is 2.94. The average molecular weight is 344 g/mol. The lowest BCUT2D eigenvalue weighted by atomic mass is 10.2. The Balaban J connectivity index is 1.71. The first kappa shape index (κ1) is 17.6. The number of carbonyl (C=O) groups excluding carboxylic acids is 2. The minimum atomic E-state index is -1.02. The lowest BCUT2D eigenvalue weighted by Gasteiger charge is -2.06. The van der Waals surface area contributed by atoms with Gasteiger partial charge < -0.3 is 15.7 Å². The molecule has 0 unspecified atom stereocenters. The number of carboxylic acids is 1. The van der Waals surface area contributed by atoms with Crippen molar-refractivity contribution in [3.8, 4) is 0 Å². The van der Waals surface area contributed by atoms with E-state index in [9.17, 15) is 14.4 Å². The predicted molar refractivity (Wildman–Crippen MR) is 94.4 cm³/mol. The second-order valence-electron chi connectivity index (χ2n) is 4.84. The highest BCUT2D eigenvalue weighted by Gasteiger charge is 2.07. The molecular weight excluding hydrogens is 328 g/mol. The molecule has 6 nitrogen and oxygen atoms in total. The molecule has 0 fully saturated rings. The zero-order chi connectivity index (χ0) is 17.4. The molecule has 2 amide bonds. The fourth-order valence-electron chi connectivity index (χ4n) is 1.85. The molecule has 7 heteroatoms. The Kier molecular flexibility index (Phi) is 6.39. The summed E-state index contributed by atoms with van der Waals surface area (Å²) < 4.78 is 0. The largest absolute Gasteiger partial charge is 0.478 e. The zero-order valence-corrected chi connectivity index (χ0v) is 13.5. The fourth-order valence-corrected chi connectivity index (χ4v) is 2.47. The number of para-hydroxylation sites is 1. The molecule has 0 aliphatic heterocycles. The summed E-state index contributed by atoms with van der Waals surface area (Å²) in [6.07, 6.45) is 0. The van der Waals surface area contributed by atoms with E-state index in [2.05, 4.69) is 10.6 Å². The third-order valence-corrected chi connectivity index (χ3v) is 3.87. The Labute approximate surface area is 143 Å². The molecule has 3 N–H and O–H groups in total. The Hall–Kier alpha value is -2.80. The Bertz CT molecular complexity index is 717. The minimum Gasteiger partial charge on any atom is -0.478 e. The number of benzene rings is 2. The van der Waals surface area contributed by atoms with Gasteiger partial charge in [0.2, 0.25) is 11.8 Å². The van der Waals surface area contributed by atoms with Gasteiger partial charge in [0.15, 0.2) is 0 Å². The molecule has 0 spiro atoms. The van der Waals surface area contributed by atoms with Crippen LogP contribution in [0.4, 0.5) is 11.4 Å². The van der Waals surface area contributed by atoms with Crippen molar-refractivity contribution in [1.29, 1.82) is 0 Å². The summed E-state index contributed by atoms with van der Waals surface area (Å²) in [5.41, 5.74) is 1.38. The summed E-state index contributed by atoms with van der Waals surface area (Å²) in [5.74, 6) is -1.16. The molecule has 124 valence electrons.